The summed E-state index contributed by atoms with van der Waals surface area (Å²) >= 11 is 0. The van der Waals surface area contributed by atoms with Gasteiger partial charge in [-0.25, -0.2) is 0 Å². The third-order valence-electron chi connectivity index (χ3n) is 4.91. The number of fused-ring (bicyclic) bond motifs is 1. The molecule has 1 aliphatic heterocycles. The van der Waals surface area contributed by atoms with Crippen LogP contribution in [0.25, 0.3) is 0 Å². The highest BCUT2D eigenvalue weighted by Gasteiger charge is 2.37. The number of nitro benzene ring substituents is 1. The molecule has 0 saturated heterocycles. The summed E-state index contributed by atoms with van der Waals surface area (Å²) in [6, 6.07) is 5.00. The SMILES string of the molecule is CC1=Nc2ccc([N+](=O)[O-])cc2C1(C)CCCC1C=CC=C1. The van der Waals surface area contributed by atoms with Gasteiger partial charge in [-0.2, -0.15) is 0 Å². The van der Waals surface area contributed by atoms with Gasteiger partial charge in [0.05, 0.1) is 10.6 Å². The van der Waals surface area contributed by atoms with Crippen molar-refractivity contribution in [3.05, 3.63) is 58.2 Å². The normalized spacial score (nSPS) is 22.9. The fourth-order valence-electron chi connectivity index (χ4n) is 3.35. The summed E-state index contributed by atoms with van der Waals surface area (Å²) in [4.78, 5) is 15.3. The third-order valence-corrected chi connectivity index (χ3v) is 4.91. The van der Waals surface area contributed by atoms with Crippen LogP contribution in [0.3, 0.4) is 0 Å². The van der Waals surface area contributed by atoms with Gasteiger partial charge in [0.15, 0.2) is 0 Å². The van der Waals surface area contributed by atoms with Crippen LogP contribution in [0.2, 0.25) is 0 Å². The van der Waals surface area contributed by atoms with Crippen molar-refractivity contribution < 1.29 is 4.92 Å². The van der Waals surface area contributed by atoms with Crippen LogP contribution in [0.1, 0.15) is 38.7 Å². The molecule has 0 amide bonds. The first-order valence-electron chi connectivity index (χ1n) is 7.70. The number of nitro groups is 1. The molecule has 1 aromatic carbocycles. The highest BCUT2D eigenvalue weighted by atomic mass is 16.6. The van der Waals surface area contributed by atoms with Crippen LogP contribution in [0.15, 0.2) is 47.5 Å². The minimum Gasteiger partial charge on any atom is -0.258 e. The Morgan fingerprint density at radius 1 is 1.32 bits per heavy atom. The van der Waals surface area contributed by atoms with Gasteiger partial charge >= 0.3 is 0 Å². The molecule has 4 nitrogen and oxygen atoms in total. The molecule has 3 rings (SSSR count). The van der Waals surface area contributed by atoms with Crippen LogP contribution in [0, 0.1) is 16.0 Å². The van der Waals surface area contributed by atoms with Crippen molar-refractivity contribution in [3.63, 3.8) is 0 Å². The van der Waals surface area contributed by atoms with Crippen molar-refractivity contribution in [2.75, 3.05) is 0 Å². The zero-order chi connectivity index (χ0) is 15.7. The monoisotopic (exact) mass is 296 g/mol. The number of non-ortho nitro benzene ring substituents is 1. The highest BCUT2D eigenvalue weighted by molar-refractivity contribution is 6.00. The smallest absolute Gasteiger partial charge is 0.258 e. The molecule has 4 heteroatoms. The van der Waals surface area contributed by atoms with Crippen molar-refractivity contribution in [1.29, 1.82) is 0 Å². The second kappa shape index (κ2) is 5.52. The van der Waals surface area contributed by atoms with Crippen LogP contribution in [-0.4, -0.2) is 10.6 Å². The van der Waals surface area contributed by atoms with E-state index < -0.39 is 0 Å². The standard InChI is InChI=1S/C18H20N2O2/c1-13-18(2,11-5-8-14-6-3-4-7-14)16-12-15(20(21)22)9-10-17(16)19-13/h3-4,6-7,9-10,12,14H,5,8,11H2,1-2H3. The maximum Gasteiger partial charge on any atom is 0.269 e. The Morgan fingerprint density at radius 3 is 2.73 bits per heavy atom. The van der Waals surface area contributed by atoms with Gasteiger partial charge in [-0.3, -0.25) is 15.1 Å². The first-order chi connectivity index (χ1) is 10.5. The van der Waals surface area contributed by atoms with E-state index in [1.165, 1.54) is 6.07 Å². The Labute approximate surface area is 130 Å². The van der Waals surface area contributed by atoms with Gasteiger partial charge in [0, 0.05) is 23.3 Å². The molecule has 0 saturated carbocycles. The van der Waals surface area contributed by atoms with Gasteiger partial charge in [0.25, 0.3) is 5.69 Å². The first-order valence-corrected chi connectivity index (χ1v) is 7.70. The minimum absolute atomic E-state index is 0.150. The lowest BCUT2D eigenvalue weighted by Gasteiger charge is -2.26. The molecule has 1 aliphatic carbocycles. The number of rotatable bonds is 5. The second-order valence-corrected chi connectivity index (χ2v) is 6.31. The van der Waals surface area contributed by atoms with Gasteiger partial charge in [0.1, 0.15) is 0 Å². The quantitative estimate of drug-likeness (QED) is 0.575. The Bertz CT molecular complexity index is 691. The summed E-state index contributed by atoms with van der Waals surface area (Å²) < 4.78 is 0. The van der Waals surface area contributed by atoms with Crippen molar-refractivity contribution in [3.8, 4) is 0 Å². The second-order valence-electron chi connectivity index (χ2n) is 6.31. The van der Waals surface area contributed by atoms with Crippen molar-refractivity contribution in [2.24, 2.45) is 10.9 Å². The molecule has 1 atom stereocenters. The van der Waals surface area contributed by atoms with E-state index in [9.17, 15) is 10.1 Å². The largest absolute Gasteiger partial charge is 0.269 e. The summed E-state index contributed by atoms with van der Waals surface area (Å²) in [5, 5.41) is 11.0. The van der Waals surface area contributed by atoms with E-state index in [0.717, 1.165) is 36.2 Å². The van der Waals surface area contributed by atoms with E-state index in [1.54, 1.807) is 12.1 Å². The Kier molecular flexibility index (Phi) is 3.69. The van der Waals surface area contributed by atoms with Gasteiger partial charge < -0.3 is 0 Å². The third kappa shape index (κ3) is 2.49. The number of benzene rings is 1. The molecule has 22 heavy (non-hydrogen) atoms. The van der Waals surface area contributed by atoms with E-state index in [0.29, 0.717) is 5.92 Å². The van der Waals surface area contributed by atoms with Crippen molar-refractivity contribution in [2.45, 2.75) is 38.5 Å². The Balaban J connectivity index is 1.79. The molecule has 0 radical (unpaired) electrons. The topological polar surface area (TPSA) is 55.5 Å². The van der Waals surface area contributed by atoms with Gasteiger partial charge in [-0.1, -0.05) is 37.6 Å². The van der Waals surface area contributed by atoms with Crippen LogP contribution in [0.5, 0.6) is 0 Å². The Hall–Kier alpha value is -2.23. The zero-order valence-corrected chi connectivity index (χ0v) is 13.0. The summed E-state index contributed by atoms with van der Waals surface area (Å²) in [5.74, 6) is 0.534. The van der Waals surface area contributed by atoms with Gasteiger partial charge in [0.2, 0.25) is 0 Å². The predicted octanol–water partition coefficient (Wildman–Crippen LogP) is 4.87. The fourth-order valence-corrected chi connectivity index (χ4v) is 3.35. The van der Waals surface area contributed by atoms with E-state index in [4.69, 9.17) is 0 Å². The summed E-state index contributed by atoms with van der Waals surface area (Å²) in [6.07, 6.45) is 11.8. The molecular weight excluding hydrogens is 276 g/mol. The average molecular weight is 296 g/mol. The number of aliphatic imine (C=N–C) groups is 1. The average Bonchev–Trinajstić information content (AvgIpc) is 3.07. The summed E-state index contributed by atoms with van der Waals surface area (Å²) in [5.41, 5.74) is 2.90. The molecule has 0 fully saturated rings. The van der Waals surface area contributed by atoms with E-state index >= 15 is 0 Å². The fraction of sp³-hybridized carbons (Fsp3) is 0.389. The summed E-state index contributed by atoms with van der Waals surface area (Å²) in [7, 11) is 0. The van der Waals surface area contributed by atoms with Crippen LogP contribution >= 0.6 is 0 Å². The number of nitrogens with zero attached hydrogens (tertiary/aromatic N) is 2. The minimum atomic E-state index is -0.331. The van der Waals surface area contributed by atoms with E-state index in [1.807, 2.05) is 6.92 Å². The lowest BCUT2D eigenvalue weighted by atomic mass is 9.75. The molecular formula is C18H20N2O2. The summed E-state index contributed by atoms with van der Waals surface area (Å²) in [6.45, 7) is 4.18. The lowest BCUT2D eigenvalue weighted by molar-refractivity contribution is -0.384. The van der Waals surface area contributed by atoms with Crippen molar-refractivity contribution in [1.82, 2.24) is 0 Å². The van der Waals surface area contributed by atoms with Crippen LogP contribution in [-0.2, 0) is 5.41 Å². The van der Waals surface area contributed by atoms with Gasteiger partial charge in [-0.15, -0.1) is 0 Å². The maximum atomic E-state index is 11.0. The Morgan fingerprint density at radius 2 is 2.05 bits per heavy atom. The molecule has 114 valence electrons. The molecule has 0 aromatic heterocycles. The number of allylic oxidation sites excluding steroid dienone is 4. The maximum absolute atomic E-state index is 11.0. The number of hydrogen-bond acceptors (Lipinski definition) is 3. The first kappa shape index (κ1) is 14.7. The number of hydrogen-bond donors (Lipinski definition) is 0. The molecule has 1 heterocycles. The van der Waals surface area contributed by atoms with E-state index in [2.05, 4.69) is 36.2 Å². The molecule has 1 unspecified atom stereocenters. The molecule has 0 bridgehead atoms. The van der Waals surface area contributed by atoms with Gasteiger partial charge in [-0.05, 0) is 37.3 Å². The van der Waals surface area contributed by atoms with Crippen LogP contribution in [0.4, 0.5) is 11.4 Å². The molecule has 0 spiro atoms. The molecule has 2 aliphatic rings. The zero-order valence-electron chi connectivity index (χ0n) is 13.0. The predicted molar refractivity (Wildman–Crippen MR) is 88.8 cm³/mol. The van der Waals surface area contributed by atoms with Crippen molar-refractivity contribution >= 4 is 17.1 Å². The van der Waals surface area contributed by atoms with E-state index in [-0.39, 0.29) is 16.0 Å². The molecule has 0 N–H and O–H groups in total. The lowest BCUT2D eigenvalue weighted by Crippen LogP contribution is -2.27. The highest BCUT2D eigenvalue weighted by Crippen LogP contribution is 2.44. The molecule has 1 aromatic rings. The van der Waals surface area contributed by atoms with Crippen LogP contribution < -0.4 is 0 Å².